The molecule has 1 N–H and O–H groups in total. The molecule has 2 aromatic carbocycles. The fourth-order valence-corrected chi connectivity index (χ4v) is 3.41. The number of benzene rings is 2. The van der Waals surface area contributed by atoms with Gasteiger partial charge in [0, 0.05) is 18.8 Å². The summed E-state index contributed by atoms with van der Waals surface area (Å²) in [7, 11) is 2.23. The minimum absolute atomic E-state index is 0.186. The Bertz CT molecular complexity index is 921. The van der Waals surface area contributed by atoms with Crippen molar-refractivity contribution >= 4 is 25.6 Å². The molecule has 0 saturated heterocycles. The van der Waals surface area contributed by atoms with Crippen molar-refractivity contribution in [1.82, 2.24) is 9.55 Å². The van der Waals surface area contributed by atoms with Crippen LogP contribution in [-0.2, 0) is 7.05 Å². The van der Waals surface area contributed by atoms with E-state index in [9.17, 15) is 9.18 Å². The van der Waals surface area contributed by atoms with Crippen LogP contribution in [0, 0.1) is 5.82 Å². The van der Waals surface area contributed by atoms with E-state index in [2.05, 4.69) is 24.0 Å². The molecule has 0 aliphatic heterocycles. The summed E-state index contributed by atoms with van der Waals surface area (Å²) in [6, 6.07) is 12.6. The summed E-state index contributed by atoms with van der Waals surface area (Å²) < 4.78 is 15.0. The average Bonchev–Trinajstić information content (AvgIpc) is 2.56. The Labute approximate surface area is 136 Å². The van der Waals surface area contributed by atoms with Crippen molar-refractivity contribution in [2.45, 2.75) is 6.92 Å². The molecule has 0 amide bonds. The summed E-state index contributed by atoms with van der Waals surface area (Å²) >= 11 is 0. The Morgan fingerprint density at radius 2 is 2.00 bits per heavy atom. The first-order valence-electron chi connectivity index (χ1n) is 7.48. The minimum Gasteiger partial charge on any atom is -0.336 e. The lowest BCUT2D eigenvalue weighted by molar-refractivity contribution is 0.629. The molecule has 3 nitrogen and oxygen atoms in total. The van der Waals surface area contributed by atoms with Crippen molar-refractivity contribution in [1.29, 1.82) is 0 Å². The Balaban J connectivity index is 2.20. The van der Waals surface area contributed by atoms with Crippen LogP contribution >= 0.6 is 0 Å². The number of pyridine rings is 1. The lowest BCUT2D eigenvalue weighted by Crippen LogP contribution is -2.30. The van der Waals surface area contributed by atoms with Crippen molar-refractivity contribution in [3.05, 3.63) is 64.8 Å². The molecule has 0 saturated carbocycles. The molecule has 5 heteroatoms. The Kier molecular flexibility index (Phi) is 4.41. The molecule has 0 unspecified atom stereocenters. The molecule has 0 bridgehead atoms. The van der Waals surface area contributed by atoms with Gasteiger partial charge in [-0.15, -0.1) is 0 Å². The van der Waals surface area contributed by atoms with Gasteiger partial charge in [-0.1, -0.05) is 37.3 Å². The maximum absolute atomic E-state index is 13.5. The predicted molar refractivity (Wildman–Crippen MR) is 93.6 cm³/mol. The molecule has 0 aliphatic rings. The predicted octanol–water partition coefficient (Wildman–Crippen LogP) is 2.20. The molecule has 3 aromatic rings. The third-order valence-corrected chi connectivity index (χ3v) is 4.86. The minimum atomic E-state index is -0.394. The van der Waals surface area contributed by atoms with E-state index < -0.39 is 5.82 Å². The molecule has 1 heterocycles. The highest BCUT2D eigenvalue weighted by Gasteiger charge is 2.10. The zero-order chi connectivity index (χ0) is 16.4. The number of hydrogen-bond acceptors (Lipinski definition) is 2. The number of halogens is 1. The second-order valence-electron chi connectivity index (χ2n) is 5.38. The number of aryl methyl sites for hydroxylation is 1. The van der Waals surface area contributed by atoms with Crippen molar-refractivity contribution in [2.24, 2.45) is 7.05 Å². The summed E-state index contributed by atoms with van der Waals surface area (Å²) in [5.74, 6) is -0.394. The normalized spacial score (nSPS) is 11.1. The van der Waals surface area contributed by atoms with Gasteiger partial charge in [0.25, 0.3) is 5.56 Å². The molecular weight excluding hydrogens is 307 g/mol. The smallest absolute Gasteiger partial charge is 0.258 e. The van der Waals surface area contributed by atoms with E-state index in [1.165, 1.54) is 21.9 Å². The molecule has 0 spiro atoms. The van der Waals surface area contributed by atoms with Crippen LogP contribution in [0.4, 0.5) is 4.39 Å². The molecule has 0 aliphatic carbocycles. The molecule has 0 atom stereocenters. The van der Waals surface area contributed by atoms with Crippen molar-refractivity contribution in [3.8, 4) is 11.1 Å². The maximum Gasteiger partial charge on any atom is 0.258 e. The molecule has 2 radical (unpaired) electrons. The first kappa shape index (κ1) is 15.6. The molecule has 1 aromatic heterocycles. The third kappa shape index (κ3) is 3.11. The van der Waals surface area contributed by atoms with Crippen LogP contribution in [0.25, 0.3) is 21.9 Å². The van der Waals surface area contributed by atoms with Crippen LogP contribution < -0.4 is 15.7 Å². The monoisotopic (exact) mass is 324 g/mol. The molecule has 3 rings (SSSR count). The lowest BCUT2D eigenvalue weighted by atomic mass is 10.0. The Morgan fingerprint density at radius 1 is 1.17 bits per heavy atom. The zero-order valence-electron chi connectivity index (χ0n) is 13.1. The summed E-state index contributed by atoms with van der Waals surface area (Å²) in [5, 5.41) is 2.39. The van der Waals surface area contributed by atoms with Crippen molar-refractivity contribution in [3.63, 3.8) is 0 Å². The number of nitrogens with one attached hydrogen (secondary N) is 1. The van der Waals surface area contributed by atoms with E-state index >= 15 is 0 Å². The van der Waals surface area contributed by atoms with E-state index in [1.807, 2.05) is 18.3 Å². The second kappa shape index (κ2) is 6.48. The SMILES string of the molecule is CCN[Si]c1cccc(-c2cn(C)c(=O)c3cc(F)ccc23)c1. The number of fused-ring (bicyclic) bond motifs is 1. The first-order valence-corrected chi connectivity index (χ1v) is 8.48. The second-order valence-corrected chi connectivity index (χ2v) is 6.57. The Morgan fingerprint density at radius 3 is 2.78 bits per heavy atom. The maximum atomic E-state index is 13.5. The summed E-state index contributed by atoms with van der Waals surface area (Å²) in [4.78, 5) is 15.6. The standard InChI is InChI=1S/C18H17FN2OSi/c1-3-20-23-14-6-4-5-12(9-14)17-11-21(2)18(22)16-10-13(19)7-8-15(16)17/h4-11,20H,3H2,1-2H3. The highest BCUT2D eigenvalue weighted by atomic mass is 28.2. The van der Waals surface area contributed by atoms with E-state index in [1.54, 1.807) is 13.1 Å². The van der Waals surface area contributed by atoms with Crippen LogP contribution in [0.3, 0.4) is 0 Å². The fraction of sp³-hybridized carbons (Fsp3) is 0.167. The average molecular weight is 324 g/mol. The van der Waals surface area contributed by atoms with Crippen LogP contribution in [0.15, 0.2) is 53.5 Å². The number of nitrogens with zero attached hydrogens (tertiary/aromatic N) is 1. The van der Waals surface area contributed by atoms with Crippen LogP contribution in [0.1, 0.15) is 6.92 Å². The number of aromatic nitrogens is 1. The molecule has 0 fully saturated rings. The summed E-state index contributed by atoms with van der Waals surface area (Å²) in [6.45, 7) is 3.00. The van der Waals surface area contributed by atoms with Crippen molar-refractivity contribution < 1.29 is 4.39 Å². The van der Waals surface area contributed by atoms with Crippen LogP contribution in [-0.4, -0.2) is 20.8 Å². The molecule has 23 heavy (non-hydrogen) atoms. The van der Waals surface area contributed by atoms with Gasteiger partial charge in [0.2, 0.25) is 0 Å². The highest BCUT2D eigenvalue weighted by molar-refractivity contribution is 6.51. The fourth-order valence-electron chi connectivity index (χ4n) is 2.63. The van der Waals surface area contributed by atoms with Gasteiger partial charge < -0.3 is 9.55 Å². The van der Waals surface area contributed by atoms with Gasteiger partial charge in [0.1, 0.15) is 5.82 Å². The van der Waals surface area contributed by atoms with Crippen LogP contribution in [0.2, 0.25) is 0 Å². The summed E-state index contributed by atoms with van der Waals surface area (Å²) in [5.41, 5.74) is 1.78. The first-order chi connectivity index (χ1) is 11.1. The van der Waals surface area contributed by atoms with E-state index in [0.29, 0.717) is 15.1 Å². The third-order valence-electron chi connectivity index (χ3n) is 3.73. The van der Waals surface area contributed by atoms with Gasteiger partial charge in [-0.25, -0.2) is 4.39 Å². The van der Waals surface area contributed by atoms with Gasteiger partial charge in [-0.3, -0.25) is 4.79 Å². The molecule has 116 valence electrons. The van der Waals surface area contributed by atoms with Gasteiger partial charge in [-0.2, -0.15) is 0 Å². The van der Waals surface area contributed by atoms with Crippen molar-refractivity contribution in [2.75, 3.05) is 6.54 Å². The Hall–Kier alpha value is -2.24. The lowest BCUT2D eigenvalue weighted by Gasteiger charge is -2.11. The van der Waals surface area contributed by atoms with E-state index in [-0.39, 0.29) is 5.56 Å². The number of rotatable bonds is 4. The van der Waals surface area contributed by atoms with Gasteiger partial charge in [0.15, 0.2) is 9.68 Å². The van der Waals surface area contributed by atoms with E-state index in [4.69, 9.17) is 0 Å². The largest absolute Gasteiger partial charge is 0.336 e. The van der Waals surface area contributed by atoms with Gasteiger partial charge in [-0.05, 0) is 34.8 Å². The van der Waals surface area contributed by atoms with Gasteiger partial charge >= 0.3 is 0 Å². The van der Waals surface area contributed by atoms with Gasteiger partial charge in [0.05, 0.1) is 5.39 Å². The summed E-state index contributed by atoms with van der Waals surface area (Å²) in [6.07, 6.45) is 1.82. The zero-order valence-corrected chi connectivity index (χ0v) is 14.1. The molecular formula is C18H17FN2OSi. The topological polar surface area (TPSA) is 34.0 Å². The highest BCUT2D eigenvalue weighted by Crippen LogP contribution is 2.26. The van der Waals surface area contributed by atoms with Crippen LogP contribution in [0.5, 0.6) is 0 Å². The number of hydrogen-bond donors (Lipinski definition) is 1. The quantitative estimate of drug-likeness (QED) is 0.747. The van der Waals surface area contributed by atoms with E-state index in [0.717, 1.165) is 23.1 Å².